The number of hydrogen-bond donors (Lipinski definition) is 1. The van der Waals surface area contributed by atoms with Crippen LogP contribution in [-0.4, -0.2) is 22.6 Å². The molecule has 20 heavy (non-hydrogen) atoms. The summed E-state index contributed by atoms with van der Waals surface area (Å²) < 4.78 is 5.41. The summed E-state index contributed by atoms with van der Waals surface area (Å²) in [6, 6.07) is 4.21. The second kappa shape index (κ2) is 8.27. The number of aromatic carboxylic acids is 1. The van der Waals surface area contributed by atoms with Crippen molar-refractivity contribution in [2.24, 2.45) is 0 Å². The molecule has 6 heteroatoms. The Bertz CT molecular complexity index is 473. The summed E-state index contributed by atoms with van der Waals surface area (Å²) in [6.45, 7) is 2.72. The number of nitrogens with zero attached hydrogens (tertiary/aromatic N) is 1. The molecule has 1 aromatic rings. The molecule has 0 aliphatic heterocycles. The smallest absolute Gasteiger partial charge is 0.343 e. The average Bonchev–Trinajstić information content (AvgIpc) is 2.42. The first-order valence-corrected chi connectivity index (χ1v) is 6.65. The largest absolute Gasteiger partial charge is 0.477 e. The number of benzene rings is 1. The second-order valence-corrected chi connectivity index (χ2v) is 4.49. The van der Waals surface area contributed by atoms with Crippen LogP contribution < -0.4 is 0 Å². The van der Waals surface area contributed by atoms with Crippen molar-refractivity contribution < 1.29 is 19.6 Å². The number of nitro benzene ring substituents is 1. The average molecular weight is 281 g/mol. The third-order valence-electron chi connectivity index (χ3n) is 2.94. The van der Waals surface area contributed by atoms with Gasteiger partial charge in [-0.2, -0.15) is 0 Å². The van der Waals surface area contributed by atoms with Crippen LogP contribution in [-0.2, 0) is 11.3 Å². The third-order valence-corrected chi connectivity index (χ3v) is 2.94. The molecule has 0 fully saturated rings. The van der Waals surface area contributed by atoms with Gasteiger partial charge in [-0.25, -0.2) is 4.79 Å². The first-order chi connectivity index (χ1) is 9.57. The Morgan fingerprint density at radius 1 is 1.35 bits per heavy atom. The van der Waals surface area contributed by atoms with E-state index in [0.29, 0.717) is 12.2 Å². The molecular formula is C14H19NO5. The SMILES string of the molecule is CCCCCCOCc1cccc([N+](=O)[O-])c1C(=O)O. The van der Waals surface area contributed by atoms with Gasteiger partial charge < -0.3 is 9.84 Å². The Kier molecular flexibility index (Phi) is 6.66. The molecule has 1 aromatic carbocycles. The van der Waals surface area contributed by atoms with E-state index >= 15 is 0 Å². The van der Waals surface area contributed by atoms with Gasteiger partial charge in [0.15, 0.2) is 0 Å². The number of carboxylic acid groups (broad SMARTS) is 1. The Morgan fingerprint density at radius 3 is 2.70 bits per heavy atom. The zero-order valence-electron chi connectivity index (χ0n) is 11.5. The molecule has 0 atom stereocenters. The Morgan fingerprint density at radius 2 is 2.10 bits per heavy atom. The minimum atomic E-state index is -1.30. The molecule has 0 bridgehead atoms. The van der Waals surface area contributed by atoms with E-state index < -0.39 is 16.6 Å². The molecule has 1 rings (SSSR count). The van der Waals surface area contributed by atoms with Crippen LogP contribution in [0.4, 0.5) is 5.69 Å². The van der Waals surface area contributed by atoms with Gasteiger partial charge in [0.2, 0.25) is 0 Å². The fourth-order valence-corrected chi connectivity index (χ4v) is 1.92. The molecular weight excluding hydrogens is 262 g/mol. The van der Waals surface area contributed by atoms with E-state index in [4.69, 9.17) is 9.84 Å². The van der Waals surface area contributed by atoms with Gasteiger partial charge in [0, 0.05) is 12.7 Å². The van der Waals surface area contributed by atoms with Gasteiger partial charge in [-0.05, 0) is 12.0 Å². The maximum absolute atomic E-state index is 11.2. The van der Waals surface area contributed by atoms with Crippen LogP contribution >= 0.6 is 0 Å². The number of rotatable bonds is 9. The molecule has 0 aromatic heterocycles. The minimum Gasteiger partial charge on any atom is -0.477 e. The molecule has 1 N–H and O–H groups in total. The van der Waals surface area contributed by atoms with Crippen LogP contribution in [0.2, 0.25) is 0 Å². The van der Waals surface area contributed by atoms with Crippen LogP contribution in [0.3, 0.4) is 0 Å². The number of hydrogen-bond acceptors (Lipinski definition) is 4. The number of nitro groups is 1. The third kappa shape index (κ3) is 4.62. The Balaban J connectivity index is 2.67. The molecule has 0 amide bonds. The molecule has 0 unspecified atom stereocenters. The van der Waals surface area contributed by atoms with Crippen molar-refractivity contribution in [1.29, 1.82) is 0 Å². The van der Waals surface area contributed by atoms with E-state index in [0.717, 1.165) is 25.7 Å². The highest BCUT2D eigenvalue weighted by molar-refractivity contribution is 5.94. The van der Waals surface area contributed by atoms with Gasteiger partial charge in [-0.15, -0.1) is 0 Å². The van der Waals surface area contributed by atoms with Gasteiger partial charge in [-0.1, -0.05) is 38.3 Å². The Labute approximate surface area is 117 Å². The molecule has 0 radical (unpaired) electrons. The highest BCUT2D eigenvalue weighted by Gasteiger charge is 2.23. The van der Waals surface area contributed by atoms with Crippen molar-refractivity contribution >= 4 is 11.7 Å². The van der Waals surface area contributed by atoms with Crippen molar-refractivity contribution in [1.82, 2.24) is 0 Å². The molecule has 0 heterocycles. The van der Waals surface area contributed by atoms with Gasteiger partial charge in [0.05, 0.1) is 11.5 Å². The van der Waals surface area contributed by atoms with Crippen LogP contribution in [0, 0.1) is 10.1 Å². The zero-order valence-corrected chi connectivity index (χ0v) is 11.5. The lowest BCUT2D eigenvalue weighted by atomic mass is 10.1. The first-order valence-electron chi connectivity index (χ1n) is 6.65. The predicted octanol–water partition coefficient (Wildman–Crippen LogP) is 3.39. The maximum Gasteiger partial charge on any atom is 0.343 e. The molecule has 110 valence electrons. The minimum absolute atomic E-state index is 0.0788. The van der Waals surface area contributed by atoms with E-state index in [9.17, 15) is 14.9 Å². The molecule has 0 saturated carbocycles. The zero-order chi connectivity index (χ0) is 15.0. The number of carboxylic acids is 1. The van der Waals surface area contributed by atoms with Crippen LogP contribution in [0.5, 0.6) is 0 Å². The van der Waals surface area contributed by atoms with E-state index in [-0.39, 0.29) is 12.2 Å². The quantitative estimate of drug-likeness (QED) is 0.425. The lowest BCUT2D eigenvalue weighted by Gasteiger charge is -2.07. The lowest BCUT2D eigenvalue weighted by molar-refractivity contribution is -0.385. The maximum atomic E-state index is 11.2. The summed E-state index contributed by atoms with van der Waals surface area (Å²) in [5, 5.41) is 19.9. The van der Waals surface area contributed by atoms with E-state index in [2.05, 4.69) is 6.92 Å². The monoisotopic (exact) mass is 281 g/mol. The van der Waals surface area contributed by atoms with Crippen molar-refractivity contribution in [3.63, 3.8) is 0 Å². The van der Waals surface area contributed by atoms with Gasteiger partial charge in [-0.3, -0.25) is 10.1 Å². The van der Waals surface area contributed by atoms with Crippen molar-refractivity contribution in [3.8, 4) is 0 Å². The summed E-state index contributed by atoms with van der Waals surface area (Å²) in [5.41, 5.74) is -0.349. The number of carbonyl (C=O) groups is 1. The Hall–Kier alpha value is -1.95. The molecule has 0 aliphatic carbocycles. The van der Waals surface area contributed by atoms with Crippen LogP contribution in [0.1, 0.15) is 48.5 Å². The first kappa shape index (κ1) is 16.1. The predicted molar refractivity (Wildman–Crippen MR) is 73.9 cm³/mol. The van der Waals surface area contributed by atoms with Crippen LogP contribution in [0.25, 0.3) is 0 Å². The summed E-state index contributed by atoms with van der Waals surface area (Å²) in [7, 11) is 0. The molecule has 0 aliphatic rings. The number of unbranched alkanes of at least 4 members (excludes halogenated alkanes) is 3. The standard InChI is InChI=1S/C14H19NO5/c1-2-3-4-5-9-20-10-11-7-6-8-12(15(18)19)13(11)14(16)17/h6-8H,2-5,9-10H2,1H3,(H,16,17). The molecule has 0 saturated heterocycles. The van der Waals surface area contributed by atoms with Crippen molar-refractivity contribution in [2.75, 3.05) is 6.61 Å². The topological polar surface area (TPSA) is 89.7 Å². The normalized spacial score (nSPS) is 10.4. The van der Waals surface area contributed by atoms with Gasteiger partial charge >= 0.3 is 5.97 Å². The second-order valence-electron chi connectivity index (χ2n) is 4.49. The lowest BCUT2D eigenvalue weighted by Crippen LogP contribution is -2.08. The highest BCUT2D eigenvalue weighted by Crippen LogP contribution is 2.23. The number of ether oxygens (including phenoxy) is 1. The van der Waals surface area contributed by atoms with E-state index in [1.54, 1.807) is 6.07 Å². The summed E-state index contributed by atoms with van der Waals surface area (Å²) >= 11 is 0. The highest BCUT2D eigenvalue weighted by atomic mass is 16.6. The molecule has 0 spiro atoms. The van der Waals surface area contributed by atoms with Crippen molar-refractivity contribution in [3.05, 3.63) is 39.4 Å². The fraction of sp³-hybridized carbons (Fsp3) is 0.500. The van der Waals surface area contributed by atoms with Gasteiger partial charge in [0.25, 0.3) is 5.69 Å². The van der Waals surface area contributed by atoms with E-state index in [1.807, 2.05) is 0 Å². The summed E-state index contributed by atoms with van der Waals surface area (Å²) in [5.74, 6) is -1.30. The molecule has 6 nitrogen and oxygen atoms in total. The summed E-state index contributed by atoms with van der Waals surface area (Å²) in [6.07, 6.45) is 4.25. The van der Waals surface area contributed by atoms with Crippen molar-refractivity contribution in [2.45, 2.75) is 39.2 Å². The van der Waals surface area contributed by atoms with E-state index in [1.165, 1.54) is 12.1 Å². The fourth-order valence-electron chi connectivity index (χ4n) is 1.92. The van der Waals surface area contributed by atoms with Crippen LogP contribution in [0.15, 0.2) is 18.2 Å². The summed E-state index contributed by atoms with van der Waals surface area (Å²) in [4.78, 5) is 21.3. The van der Waals surface area contributed by atoms with Gasteiger partial charge in [0.1, 0.15) is 5.56 Å².